The summed E-state index contributed by atoms with van der Waals surface area (Å²) in [5, 5.41) is 4.38. The van der Waals surface area contributed by atoms with Crippen molar-refractivity contribution in [3.8, 4) is 5.75 Å². The first-order valence-corrected chi connectivity index (χ1v) is 8.29. The van der Waals surface area contributed by atoms with E-state index in [1.54, 1.807) is 0 Å². The molecule has 0 radical (unpaired) electrons. The maximum Gasteiger partial charge on any atom is 0.125 e. The SMILES string of the molecule is Clc1cc2c(c(CC3(C4CCCC4)CNC3)c1)OCC2. The van der Waals surface area contributed by atoms with Crippen molar-refractivity contribution in [3.63, 3.8) is 0 Å². The molecule has 108 valence electrons. The fourth-order valence-corrected chi connectivity index (χ4v) is 4.66. The van der Waals surface area contributed by atoms with Gasteiger partial charge in [0, 0.05) is 29.9 Å². The first-order chi connectivity index (χ1) is 9.77. The van der Waals surface area contributed by atoms with Crippen LogP contribution < -0.4 is 10.1 Å². The smallest absolute Gasteiger partial charge is 0.125 e. The van der Waals surface area contributed by atoms with Crippen molar-refractivity contribution in [2.24, 2.45) is 11.3 Å². The summed E-state index contributed by atoms with van der Waals surface area (Å²) in [5.41, 5.74) is 3.11. The third-order valence-electron chi connectivity index (χ3n) is 5.54. The highest BCUT2D eigenvalue weighted by molar-refractivity contribution is 6.30. The molecule has 0 atom stereocenters. The van der Waals surface area contributed by atoms with E-state index in [1.165, 1.54) is 49.9 Å². The van der Waals surface area contributed by atoms with Crippen LogP contribution >= 0.6 is 11.6 Å². The van der Waals surface area contributed by atoms with E-state index >= 15 is 0 Å². The van der Waals surface area contributed by atoms with Gasteiger partial charge in [-0.2, -0.15) is 0 Å². The maximum absolute atomic E-state index is 6.31. The van der Waals surface area contributed by atoms with Gasteiger partial charge < -0.3 is 10.1 Å². The Kier molecular flexibility index (Phi) is 3.19. The number of halogens is 1. The molecule has 0 amide bonds. The average molecular weight is 292 g/mol. The highest BCUT2D eigenvalue weighted by atomic mass is 35.5. The van der Waals surface area contributed by atoms with Gasteiger partial charge in [-0.15, -0.1) is 0 Å². The van der Waals surface area contributed by atoms with Gasteiger partial charge in [-0.3, -0.25) is 0 Å². The summed E-state index contributed by atoms with van der Waals surface area (Å²) in [7, 11) is 0. The first kappa shape index (κ1) is 13.0. The van der Waals surface area contributed by atoms with E-state index in [0.29, 0.717) is 5.41 Å². The molecule has 1 N–H and O–H groups in total. The van der Waals surface area contributed by atoms with Crippen LogP contribution in [0.1, 0.15) is 36.8 Å². The molecule has 0 bridgehead atoms. The molecule has 2 fully saturated rings. The van der Waals surface area contributed by atoms with Crippen LogP contribution in [0.25, 0.3) is 0 Å². The Hall–Kier alpha value is -0.730. The zero-order valence-corrected chi connectivity index (χ0v) is 12.6. The fraction of sp³-hybridized carbons (Fsp3) is 0.647. The molecule has 0 aromatic heterocycles. The number of ether oxygens (including phenoxy) is 1. The monoisotopic (exact) mass is 291 g/mol. The van der Waals surface area contributed by atoms with Crippen LogP contribution in [0.4, 0.5) is 0 Å². The molecule has 2 nitrogen and oxygen atoms in total. The normalized spacial score (nSPS) is 24.2. The van der Waals surface area contributed by atoms with E-state index in [0.717, 1.165) is 36.1 Å². The van der Waals surface area contributed by atoms with Crippen molar-refractivity contribution in [3.05, 3.63) is 28.3 Å². The molecular weight excluding hydrogens is 270 g/mol. The Labute approximate surface area is 125 Å². The molecule has 3 aliphatic rings. The van der Waals surface area contributed by atoms with Crippen molar-refractivity contribution < 1.29 is 4.74 Å². The lowest BCUT2D eigenvalue weighted by atomic mass is 9.66. The van der Waals surface area contributed by atoms with Gasteiger partial charge in [0.15, 0.2) is 0 Å². The largest absolute Gasteiger partial charge is 0.493 e. The minimum absolute atomic E-state index is 0.459. The lowest BCUT2D eigenvalue weighted by Crippen LogP contribution is -2.58. The van der Waals surface area contributed by atoms with Crippen LogP contribution in [0, 0.1) is 11.3 Å². The molecule has 0 unspecified atom stereocenters. The van der Waals surface area contributed by atoms with Gasteiger partial charge in [0.05, 0.1) is 6.61 Å². The number of fused-ring (bicyclic) bond motifs is 1. The van der Waals surface area contributed by atoms with Crippen LogP contribution in [0.15, 0.2) is 12.1 Å². The molecule has 1 aromatic rings. The highest BCUT2D eigenvalue weighted by Gasteiger charge is 2.45. The molecular formula is C17H22ClNO. The van der Waals surface area contributed by atoms with Crippen molar-refractivity contribution in [1.82, 2.24) is 5.32 Å². The summed E-state index contributed by atoms with van der Waals surface area (Å²) in [6.07, 6.45) is 7.79. The lowest BCUT2D eigenvalue weighted by molar-refractivity contribution is 0.0803. The topological polar surface area (TPSA) is 21.3 Å². The highest BCUT2D eigenvalue weighted by Crippen LogP contribution is 2.47. The minimum atomic E-state index is 0.459. The van der Waals surface area contributed by atoms with Crippen LogP contribution in [0.5, 0.6) is 5.75 Å². The second-order valence-corrected chi connectivity index (χ2v) is 7.21. The zero-order valence-electron chi connectivity index (χ0n) is 11.9. The molecule has 1 saturated carbocycles. The number of rotatable bonds is 3. The zero-order chi connectivity index (χ0) is 13.6. The molecule has 1 saturated heterocycles. The van der Waals surface area contributed by atoms with Crippen LogP contribution in [0.3, 0.4) is 0 Å². The van der Waals surface area contributed by atoms with E-state index in [4.69, 9.17) is 16.3 Å². The average Bonchev–Trinajstić information content (AvgIpc) is 3.03. The standard InChI is InChI=1S/C17H22ClNO/c18-15-7-12-5-6-20-16(12)13(8-15)9-17(10-19-11-17)14-3-1-2-4-14/h7-8,14,19H,1-6,9-11H2. The summed E-state index contributed by atoms with van der Waals surface area (Å²) in [4.78, 5) is 0. The van der Waals surface area contributed by atoms with Gasteiger partial charge in [0.1, 0.15) is 5.75 Å². The molecule has 4 rings (SSSR count). The van der Waals surface area contributed by atoms with Gasteiger partial charge in [-0.05, 0) is 48.4 Å². The number of nitrogens with one attached hydrogen (secondary N) is 1. The molecule has 1 aromatic carbocycles. The molecule has 0 spiro atoms. The third-order valence-corrected chi connectivity index (χ3v) is 5.76. The van der Waals surface area contributed by atoms with Crippen molar-refractivity contribution in [2.75, 3.05) is 19.7 Å². The van der Waals surface area contributed by atoms with E-state index in [-0.39, 0.29) is 0 Å². The molecule has 3 heteroatoms. The number of benzene rings is 1. The summed E-state index contributed by atoms with van der Waals surface area (Å²) in [6, 6.07) is 4.22. The van der Waals surface area contributed by atoms with E-state index in [2.05, 4.69) is 17.4 Å². The molecule has 1 aliphatic carbocycles. The van der Waals surface area contributed by atoms with Gasteiger partial charge in [-0.25, -0.2) is 0 Å². The van der Waals surface area contributed by atoms with Crippen LogP contribution in [-0.4, -0.2) is 19.7 Å². The van der Waals surface area contributed by atoms with Crippen LogP contribution in [0.2, 0.25) is 5.02 Å². The predicted octanol–water partition coefficient (Wildman–Crippen LogP) is 3.60. The summed E-state index contributed by atoms with van der Waals surface area (Å²) in [5.74, 6) is 2.03. The Morgan fingerprint density at radius 2 is 2.05 bits per heavy atom. The predicted molar refractivity (Wildman–Crippen MR) is 81.6 cm³/mol. The van der Waals surface area contributed by atoms with E-state index in [1.807, 2.05) is 0 Å². The Morgan fingerprint density at radius 3 is 2.75 bits per heavy atom. The number of hydrogen-bond acceptors (Lipinski definition) is 2. The second kappa shape index (κ2) is 4.92. The molecule has 20 heavy (non-hydrogen) atoms. The maximum atomic E-state index is 6.31. The van der Waals surface area contributed by atoms with Gasteiger partial charge in [0.2, 0.25) is 0 Å². The van der Waals surface area contributed by atoms with Crippen LogP contribution in [-0.2, 0) is 12.8 Å². The lowest BCUT2D eigenvalue weighted by Gasteiger charge is -2.48. The van der Waals surface area contributed by atoms with Gasteiger partial charge in [0.25, 0.3) is 0 Å². The third kappa shape index (κ3) is 2.05. The van der Waals surface area contributed by atoms with Gasteiger partial charge >= 0.3 is 0 Å². The Morgan fingerprint density at radius 1 is 1.25 bits per heavy atom. The van der Waals surface area contributed by atoms with E-state index in [9.17, 15) is 0 Å². The van der Waals surface area contributed by atoms with Crippen molar-refractivity contribution in [2.45, 2.75) is 38.5 Å². The Balaban J connectivity index is 1.65. The first-order valence-electron chi connectivity index (χ1n) is 7.92. The number of hydrogen-bond donors (Lipinski definition) is 1. The van der Waals surface area contributed by atoms with Gasteiger partial charge in [-0.1, -0.05) is 24.4 Å². The van der Waals surface area contributed by atoms with Crippen molar-refractivity contribution in [1.29, 1.82) is 0 Å². The summed E-state index contributed by atoms with van der Waals surface area (Å²) in [6.45, 7) is 3.15. The summed E-state index contributed by atoms with van der Waals surface area (Å²) < 4.78 is 5.88. The Bertz CT molecular complexity index is 518. The van der Waals surface area contributed by atoms with E-state index < -0.39 is 0 Å². The minimum Gasteiger partial charge on any atom is -0.493 e. The molecule has 2 aliphatic heterocycles. The summed E-state index contributed by atoms with van der Waals surface area (Å²) >= 11 is 6.31. The molecule has 2 heterocycles. The van der Waals surface area contributed by atoms with Crippen molar-refractivity contribution >= 4 is 11.6 Å². The second-order valence-electron chi connectivity index (χ2n) is 6.78. The fourth-order valence-electron chi connectivity index (χ4n) is 4.40. The quantitative estimate of drug-likeness (QED) is 0.919.